The maximum atomic E-state index is 12.6. The molecule has 1 saturated heterocycles. The van der Waals surface area contributed by atoms with Crippen molar-refractivity contribution < 1.29 is 4.79 Å². The van der Waals surface area contributed by atoms with Crippen molar-refractivity contribution in [3.8, 4) is 0 Å². The van der Waals surface area contributed by atoms with Crippen molar-refractivity contribution in [2.75, 3.05) is 25.0 Å². The number of nitrogens with zero attached hydrogens (tertiary/aromatic N) is 6. The molecule has 2 saturated carbocycles. The molecule has 0 N–H and O–H groups in total. The van der Waals surface area contributed by atoms with Crippen molar-refractivity contribution in [2.45, 2.75) is 51.5 Å². The molecule has 1 aliphatic heterocycles. The van der Waals surface area contributed by atoms with E-state index in [4.69, 9.17) is 5.10 Å². The number of likely N-dealkylation sites (N-methyl/N-ethyl adjacent to an activating group) is 1. The number of carbonyl (C=O) groups is 1. The van der Waals surface area contributed by atoms with E-state index >= 15 is 0 Å². The van der Waals surface area contributed by atoms with Crippen LogP contribution in [0, 0.1) is 11.3 Å². The fraction of sp³-hybridized carbons (Fsp3) is 0.684. The van der Waals surface area contributed by atoms with Crippen LogP contribution in [0.2, 0.25) is 0 Å². The van der Waals surface area contributed by atoms with E-state index in [0.29, 0.717) is 11.8 Å². The van der Waals surface area contributed by atoms with Gasteiger partial charge in [-0.1, -0.05) is 20.3 Å². The molecule has 0 bridgehead atoms. The molecule has 3 fully saturated rings. The Morgan fingerprint density at radius 1 is 1.23 bits per heavy atom. The van der Waals surface area contributed by atoms with Gasteiger partial charge < -0.3 is 9.80 Å². The van der Waals surface area contributed by atoms with Crippen molar-refractivity contribution in [1.82, 2.24) is 24.7 Å². The molecular formula is C19H26N6O. The quantitative estimate of drug-likeness (QED) is 0.841. The van der Waals surface area contributed by atoms with Gasteiger partial charge in [-0.3, -0.25) is 4.79 Å². The molecule has 3 heterocycles. The fourth-order valence-corrected chi connectivity index (χ4v) is 4.09. The van der Waals surface area contributed by atoms with Gasteiger partial charge in [0.25, 0.3) is 0 Å². The average molecular weight is 354 g/mol. The van der Waals surface area contributed by atoms with Crippen LogP contribution in [-0.2, 0) is 4.79 Å². The van der Waals surface area contributed by atoms with E-state index in [1.807, 2.05) is 28.6 Å². The Balaban J connectivity index is 1.28. The molecule has 7 heteroatoms. The minimum Gasteiger partial charge on any atom is -0.351 e. The highest BCUT2D eigenvalue weighted by atomic mass is 16.2. The van der Waals surface area contributed by atoms with Crippen LogP contribution in [0.3, 0.4) is 0 Å². The van der Waals surface area contributed by atoms with Crippen molar-refractivity contribution in [3.63, 3.8) is 0 Å². The Kier molecular flexibility index (Phi) is 3.33. The normalized spacial score (nSPS) is 25.0. The smallest absolute Gasteiger partial charge is 0.226 e. The highest BCUT2D eigenvalue weighted by Gasteiger charge is 2.52. The second-order valence-electron chi connectivity index (χ2n) is 8.90. The van der Waals surface area contributed by atoms with Crippen molar-refractivity contribution in [2.24, 2.45) is 11.3 Å². The van der Waals surface area contributed by atoms with E-state index in [-0.39, 0.29) is 17.4 Å². The average Bonchev–Trinajstić information content (AvgIpc) is 2.97. The monoisotopic (exact) mass is 354 g/mol. The van der Waals surface area contributed by atoms with Crippen molar-refractivity contribution in [3.05, 3.63) is 18.0 Å². The van der Waals surface area contributed by atoms with Crippen LogP contribution in [0.5, 0.6) is 0 Å². The number of amides is 1. The summed E-state index contributed by atoms with van der Waals surface area (Å²) >= 11 is 0. The van der Waals surface area contributed by atoms with Crippen LogP contribution < -0.4 is 4.90 Å². The Morgan fingerprint density at radius 2 is 1.96 bits per heavy atom. The predicted octanol–water partition coefficient (Wildman–Crippen LogP) is 2.08. The summed E-state index contributed by atoms with van der Waals surface area (Å²) in [5.74, 6) is 2.95. The van der Waals surface area contributed by atoms with Crippen LogP contribution in [0.4, 0.5) is 5.82 Å². The van der Waals surface area contributed by atoms with Gasteiger partial charge in [0.05, 0.1) is 6.04 Å². The molecule has 3 aliphatic rings. The van der Waals surface area contributed by atoms with Gasteiger partial charge >= 0.3 is 0 Å². The highest BCUT2D eigenvalue weighted by Crippen LogP contribution is 2.52. The first-order chi connectivity index (χ1) is 12.4. The number of anilines is 1. The topological polar surface area (TPSA) is 66.6 Å². The summed E-state index contributed by atoms with van der Waals surface area (Å²) < 4.78 is 1.91. The standard InChI is InChI=1S/C19H26N6O/c1-19(2)9-14(19)18(26)23(3)13-10-24(11-13)16-8-7-15-20-21-17(25(15)22-16)12-5-4-6-12/h7-8,12-14H,4-6,9-11H2,1-3H3. The molecule has 1 unspecified atom stereocenters. The lowest BCUT2D eigenvalue weighted by molar-refractivity contribution is -0.134. The van der Waals surface area contributed by atoms with Gasteiger partial charge in [-0.15, -0.1) is 15.3 Å². The third kappa shape index (κ3) is 2.40. The summed E-state index contributed by atoms with van der Waals surface area (Å²) in [6.45, 7) is 6.03. The first-order valence-corrected chi connectivity index (χ1v) is 9.68. The molecule has 2 aromatic heterocycles. The third-order valence-electron chi connectivity index (χ3n) is 6.64. The summed E-state index contributed by atoms with van der Waals surface area (Å²) in [6, 6.07) is 4.28. The molecule has 0 aromatic carbocycles. The molecule has 2 aliphatic carbocycles. The lowest BCUT2D eigenvalue weighted by Crippen LogP contribution is -2.60. The predicted molar refractivity (Wildman–Crippen MR) is 98.0 cm³/mol. The Bertz CT molecular complexity index is 864. The third-order valence-corrected chi connectivity index (χ3v) is 6.64. The van der Waals surface area contributed by atoms with E-state index in [9.17, 15) is 4.79 Å². The van der Waals surface area contributed by atoms with Crippen LogP contribution in [0.15, 0.2) is 12.1 Å². The molecule has 138 valence electrons. The van der Waals surface area contributed by atoms with Gasteiger partial charge in [0.15, 0.2) is 11.5 Å². The van der Waals surface area contributed by atoms with Gasteiger partial charge in [0, 0.05) is 32.0 Å². The van der Waals surface area contributed by atoms with E-state index in [1.54, 1.807) is 0 Å². The summed E-state index contributed by atoms with van der Waals surface area (Å²) in [7, 11) is 1.95. The van der Waals surface area contributed by atoms with Crippen LogP contribution in [0.1, 0.15) is 51.3 Å². The number of fused-ring (bicyclic) bond motifs is 1. The van der Waals surface area contributed by atoms with Gasteiger partial charge in [0.1, 0.15) is 5.82 Å². The van der Waals surface area contributed by atoms with Crippen molar-refractivity contribution in [1.29, 1.82) is 0 Å². The van der Waals surface area contributed by atoms with E-state index < -0.39 is 0 Å². The summed E-state index contributed by atoms with van der Waals surface area (Å²) in [6.07, 6.45) is 4.65. The number of hydrogen-bond acceptors (Lipinski definition) is 5. The SMILES string of the molecule is CN(C(=O)C1CC1(C)C)C1CN(c2ccc3nnc(C4CCC4)n3n2)C1. The van der Waals surface area contributed by atoms with Crippen molar-refractivity contribution >= 4 is 17.4 Å². The molecule has 5 rings (SSSR count). The number of carbonyl (C=O) groups excluding carboxylic acids is 1. The number of rotatable bonds is 4. The molecule has 0 spiro atoms. The van der Waals surface area contributed by atoms with Crippen LogP contribution in [-0.4, -0.2) is 56.8 Å². The van der Waals surface area contributed by atoms with Gasteiger partial charge in [-0.2, -0.15) is 4.52 Å². The number of aromatic nitrogens is 4. The minimum absolute atomic E-state index is 0.188. The largest absolute Gasteiger partial charge is 0.351 e. The first-order valence-electron chi connectivity index (χ1n) is 9.68. The van der Waals surface area contributed by atoms with Gasteiger partial charge in [-0.25, -0.2) is 0 Å². The molecule has 1 atom stereocenters. The van der Waals surface area contributed by atoms with Gasteiger partial charge in [-0.05, 0) is 36.8 Å². The molecular weight excluding hydrogens is 328 g/mol. The van der Waals surface area contributed by atoms with Crippen LogP contribution in [0.25, 0.3) is 5.65 Å². The minimum atomic E-state index is 0.188. The zero-order valence-electron chi connectivity index (χ0n) is 15.7. The summed E-state index contributed by atoms with van der Waals surface area (Å²) in [5, 5.41) is 13.4. The summed E-state index contributed by atoms with van der Waals surface area (Å²) in [5.41, 5.74) is 1.00. The maximum absolute atomic E-state index is 12.6. The molecule has 7 nitrogen and oxygen atoms in total. The highest BCUT2D eigenvalue weighted by molar-refractivity contribution is 5.83. The molecule has 2 aromatic rings. The van der Waals surface area contributed by atoms with E-state index in [0.717, 1.165) is 36.8 Å². The lowest BCUT2D eigenvalue weighted by Gasteiger charge is -2.44. The number of hydrogen-bond donors (Lipinski definition) is 0. The maximum Gasteiger partial charge on any atom is 0.226 e. The molecule has 26 heavy (non-hydrogen) atoms. The summed E-state index contributed by atoms with van der Waals surface area (Å²) in [4.78, 5) is 16.8. The second kappa shape index (κ2) is 5.41. The van der Waals surface area contributed by atoms with E-state index in [2.05, 4.69) is 28.9 Å². The first kappa shape index (κ1) is 16.0. The zero-order chi connectivity index (χ0) is 18.1. The van der Waals surface area contributed by atoms with Crippen LogP contribution >= 0.6 is 0 Å². The molecule has 1 amide bonds. The fourth-order valence-electron chi connectivity index (χ4n) is 4.09. The zero-order valence-corrected chi connectivity index (χ0v) is 15.7. The Morgan fingerprint density at radius 3 is 2.58 bits per heavy atom. The Hall–Kier alpha value is -2.18. The molecule has 0 radical (unpaired) electrons. The lowest BCUT2D eigenvalue weighted by atomic mass is 9.85. The Labute approximate surface area is 153 Å². The van der Waals surface area contributed by atoms with E-state index in [1.165, 1.54) is 19.3 Å². The van der Waals surface area contributed by atoms with Gasteiger partial charge in [0.2, 0.25) is 5.91 Å². The second-order valence-corrected chi connectivity index (χ2v) is 8.90.